The second-order valence-corrected chi connectivity index (χ2v) is 25.4. The third-order valence-corrected chi connectivity index (χ3v) is 17.9. The van der Waals surface area contributed by atoms with Crippen molar-refractivity contribution in [3.63, 3.8) is 0 Å². The van der Waals surface area contributed by atoms with Gasteiger partial charge in [0.05, 0.1) is 43.7 Å². The molecule has 0 radical (unpaired) electrons. The summed E-state index contributed by atoms with van der Waals surface area (Å²) in [5.74, 6) is -15.1. The van der Waals surface area contributed by atoms with E-state index in [4.69, 9.17) is 85.3 Å². The van der Waals surface area contributed by atoms with E-state index in [0.717, 1.165) is 54.0 Å². The minimum Gasteiger partial charge on any atom is -0.477 e. The predicted octanol–water partition coefficient (Wildman–Crippen LogP) is 4.70. The molecule has 5 aliphatic rings. The van der Waals surface area contributed by atoms with Crippen molar-refractivity contribution in [2.45, 2.75) is 266 Å². The van der Waals surface area contributed by atoms with E-state index in [1.165, 1.54) is 13.8 Å². The molecule has 1 amide bonds. The van der Waals surface area contributed by atoms with E-state index in [9.17, 15) is 53.1 Å². The number of nitrogens with one attached hydrogen (secondary N) is 1. The van der Waals surface area contributed by atoms with Crippen LogP contribution in [0.2, 0.25) is 0 Å². The van der Waals surface area contributed by atoms with Gasteiger partial charge in [-0.15, -0.1) is 0 Å². The quantitative estimate of drug-likeness (QED) is 0.0847. The number of carbonyl (C=O) groups excluding carboxylic acids is 9. The molecule has 5 heterocycles. The van der Waals surface area contributed by atoms with Crippen molar-refractivity contribution in [2.75, 3.05) is 19.8 Å². The van der Waals surface area contributed by atoms with Crippen molar-refractivity contribution in [2.24, 2.45) is 35.5 Å². The molecule has 1 aromatic rings. The molecule has 9 unspecified atom stereocenters. The molecule has 30 heteroatoms. The number of hydrogen-bond acceptors (Lipinski definition) is 28. The standard InChI is InChI=1S/C66H97NO29/c1-18-46(83-39(12)71)32(5)52-31(4)30(3)25-66(96-52,65(77)78)82-29-48-33(6)55(94-63-57(86-42(15)74)35(8)54(84-40(13)72)49(91-63)27-79-37(10)69)51(67-36(9)68)61(90-48)95-59-58(87-43(16)75)50(28-80-38(11)70)92-64(60(59)88-44(17)76)93-53-34(7)56(85-41(14)73)62(89-47(53)19-2)81-26-45-23-21-20-22-24-45/h20-24,30-35,46-64H,18-19,25-29H2,1-17H3,(H,67,68)(H,77,78)/t30-,31-,32-,33-,34+,35+,46-,47?,48?,49?,50?,51?,52?,53+,54-,55+,56?,57?,58+,59+,60?,61+,62-,63+,64+,66-/m1/s1. The largest absolute Gasteiger partial charge is 0.477 e. The first-order chi connectivity index (χ1) is 45.2. The van der Waals surface area contributed by atoms with Gasteiger partial charge in [-0.3, -0.25) is 43.2 Å². The summed E-state index contributed by atoms with van der Waals surface area (Å²) in [7, 11) is 0. The van der Waals surface area contributed by atoms with E-state index in [1.807, 2.05) is 51.1 Å². The molecule has 0 aromatic heterocycles. The van der Waals surface area contributed by atoms with Crippen LogP contribution in [-0.4, -0.2) is 207 Å². The van der Waals surface area contributed by atoms with Crippen LogP contribution < -0.4 is 5.32 Å². The lowest BCUT2D eigenvalue weighted by Crippen LogP contribution is -2.69. The molecule has 540 valence electrons. The van der Waals surface area contributed by atoms with Gasteiger partial charge in [0.15, 0.2) is 49.6 Å². The molecule has 5 aliphatic heterocycles. The van der Waals surface area contributed by atoms with Gasteiger partial charge in [0.1, 0.15) is 49.8 Å². The molecule has 0 aliphatic carbocycles. The van der Waals surface area contributed by atoms with E-state index in [1.54, 1.807) is 34.6 Å². The number of benzene rings is 1. The molecule has 5 fully saturated rings. The van der Waals surface area contributed by atoms with Gasteiger partial charge >= 0.3 is 53.7 Å². The zero-order valence-electron chi connectivity index (χ0n) is 57.6. The number of rotatable bonds is 28. The van der Waals surface area contributed by atoms with Crippen molar-refractivity contribution in [3.8, 4) is 0 Å². The predicted molar refractivity (Wildman–Crippen MR) is 326 cm³/mol. The fourth-order valence-electron chi connectivity index (χ4n) is 13.1. The highest BCUT2D eigenvalue weighted by molar-refractivity contribution is 5.76. The van der Waals surface area contributed by atoms with Crippen molar-refractivity contribution in [3.05, 3.63) is 35.9 Å². The lowest BCUT2D eigenvalue weighted by atomic mass is 9.76. The molecule has 0 saturated carbocycles. The van der Waals surface area contributed by atoms with E-state index in [2.05, 4.69) is 5.32 Å². The average molecular weight is 1370 g/mol. The second-order valence-electron chi connectivity index (χ2n) is 25.4. The van der Waals surface area contributed by atoms with Crippen LogP contribution in [0.4, 0.5) is 0 Å². The summed E-state index contributed by atoms with van der Waals surface area (Å²) in [4.78, 5) is 131. The molecule has 1 aromatic carbocycles. The number of aliphatic carboxylic acids is 1. The summed E-state index contributed by atoms with van der Waals surface area (Å²) in [5.41, 5.74) is 0.791. The van der Waals surface area contributed by atoms with Gasteiger partial charge in [0.25, 0.3) is 5.79 Å². The highest BCUT2D eigenvalue weighted by Crippen LogP contribution is 2.45. The first-order valence-corrected chi connectivity index (χ1v) is 32.5. The molecule has 26 atom stereocenters. The molecule has 0 bridgehead atoms. The van der Waals surface area contributed by atoms with E-state index >= 15 is 0 Å². The highest BCUT2D eigenvalue weighted by Gasteiger charge is 2.60. The van der Waals surface area contributed by atoms with Crippen molar-refractivity contribution in [1.29, 1.82) is 0 Å². The Labute approximate surface area is 558 Å². The number of carboxylic acid groups (broad SMARTS) is 1. The summed E-state index contributed by atoms with van der Waals surface area (Å²) < 4.78 is 113. The molecule has 5 saturated heterocycles. The number of carbonyl (C=O) groups is 10. The first-order valence-electron chi connectivity index (χ1n) is 32.5. The van der Waals surface area contributed by atoms with Gasteiger partial charge in [0, 0.05) is 92.4 Å². The van der Waals surface area contributed by atoms with Crippen LogP contribution in [-0.2, 0) is 140 Å². The van der Waals surface area contributed by atoms with E-state index < -0.39 is 231 Å². The Kier molecular flexibility index (Phi) is 28.9. The molecule has 30 nitrogen and oxygen atoms in total. The summed E-state index contributed by atoms with van der Waals surface area (Å²) in [6.45, 7) is 22.5. The lowest BCUT2D eigenvalue weighted by molar-refractivity contribution is -0.378. The highest BCUT2D eigenvalue weighted by atomic mass is 16.8. The fraction of sp³-hybridized carbons (Fsp3) is 0.758. The Hall–Kier alpha value is -6.48. The van der Waals surface area contributed by atoms with Crippen molar-refractivity contribution < 1.29 is 138 Å². The third kappa shape index (κ3) is 20.6. The molecular formula is C66H97NO29. The lowest BCUT2D eigenvalue weighted by Gasteiger charge is -2.52. The molecule has 6 rings (SSSR count). The van der Waals surface area contributed by atoms with Gasteiger partial charge < -0.3 is 95.7 Å². The average Bonchev–Trinajstić information content (AvgIpc) is 0.770. The number of amides is 1. The molecule has 0 spiro atoms. The second kappa shape index (κ2) is 35.3. The number of esters is 8. The van der Waals surface area contributed by atoms with E-state index in [-0.39, 0.29) is 25.4 Å². The van der Waals surface area contributed by atoms with Crippen LogP contribution in [0.15, 0.2) is 30.3 Å². The molecular weight excluding hydrogens is 1270 g/mol. The zero-order chi connectivity index (χ0) is 71.2. The van der Waals surface area contributed by atoms with Crippen LogP contribution >= 0.6 is 0 Å². The van der Waals surface area contributed by atoms with Crippen LogP contribution in [0.1, 0.15) is 143 Å². The van der Waals surface area contributed by atoms with Crippen LogP contribution in [0.25, 0.3) is 0 Å². The van der Waals surface area contributed by atoms with Crippen LogP contribution in [0.5, 0.6) is 0 Å². The third-order valence-electron chi connectivity index (χ3n) is 17.9. The number of hydrogen-bond donors (Lipinski definition) is 2. The van der Waals surface area contributed by atoms with Gasteiger partial charge in [0.2, 0.25) is 5.91 Å². The maximum Gasteiger partial charge on any atom is 0.364 e. The number of ether oxygens (including phenoxy) is 18. The van der Waals surface area contributed by atoms with Gasteiger partial charge in [-0.1, -0.05) is 85.7 Å². The SMILES string of the molecule is CCC1O[C@@H](OCc2ccccc2)C(OC(C)=O)[C@@H](C)[C@@H]1O[C@@H]1OC(COC(C)=O)[C@H](OC(C)=O)[C@H](O[C@@H]2OC(CO[C@]3(C(=O)O)C[C@@H](C)[C@@H](C)C([C@H](C)[C@@H](CC)OC(C)=O)O3)[C@@H](C)[C@H](O[C@@H]3OC(COC(C)=O)[C@H](OC(C)=O)[C@H](C)C3OC(C)=O)C2NC(C)=O)C1OC(C)=O. The summed E-state index contributed by atoms with van der Waals surface area (Å²) >= 11 is 0. The maximum atomic E-state index is 13.9. The maximum absolute atomic E-state index is 13.9. The van der Waals surface area contributed by atoms with Crippen molar-refractivity contribution >= 4 is 59.6 Å². The Balaban J connectivity index is 1.52. The van der Waals surface area contributed by atoms with Crippen LogP contribution in [0.3, 0.4) is 0 Å². The topological polar surface area (TPSA) is 369 Å². The van der Waals surface area contributed by atoms with E-state index in [0.29, 0.717) is 6.42 Å². The normalized spacial score (nSPS) is 35.9. The summed E-state index contributed by atoms with van der Waals surface area (Å²) in [6, 6.07) is 7.60. The molecule has 2 N–H and O–H groups in total. The smallest absolute Gasteiger partial charge is 0.364 e. The van der Waals surface area contributed by atoms with Gasteiger partial charge in [-0.25, -0.2) is 4.79 Å². The first kappa shape index (κ1) is 78.5. The fourth-order valence-corrected chi connectivity index (χ4v) is 13.1. The van der Waals surface area contributed by atoms with Crippen molar-refractivity contribution in [1.82, 2.24) is 5.32 Å². The van der Waals surface area contributed by atoms with Gasteiger partial charge in [-0.2, -0.15) is 0 Å². The van der Waals surface area contributed by atoms with Gasteiger partial charge in [-0.05, 0) is 30.2 Å². The number of carboxylic acids is 1. The monoisotopic (exact) mass is 1370 g/mol. The molecule has 96 heavy (non-hydrogen) atoms. The minimum atomic E-state index is -2.41. The van der Waals surface area contributed by atoms with Crippen LogP contribution in [0, 0.1) is 35.5 Å². The Morgan fingerprint density at radius 2 is 1.00 bits per heavy atom. The Morgan fingerprint density at radius 1 is 0.521 bits per heavy atom. The summed E-state index contributed by atoms with van der Waals surface area (Å²) in [5, 5.41) is 14.1. The zero-order valence-corrected chi connectivity index (χ0v) is 57.6. The Morgan fingerprint density at radius 3 is 1.52 bits per heavy atom. The summed E-state index contributed by atoms with van der Waals surface area (Å²) in [6.07, 6.45) is -24.7. The Bertz CT molecular complexity index is 2820. The minimum absolute atomic E-state index is 0.0601.